The van der Waals surface area contributed by atoms with Crippen LogP contribution < -0.4 is 15.4 Å². The van der Waals surface area contributed by atoms with Crippen molar-refractivity contribution in [2.24, 2.45) is 0 Å². The smallest absolute Gasteiger partial charge is 0.267 e. The predicted octanol–water partition coefficient (Wildman–Crippen LogP) is 6.24. The highest BCUT2D eigenvalue weighted by Crippen LogP contribution is 2.36. The van der Waals surface area contributed by atoms with E-state index in [4.69, 9.17) is 44.3 Å². The molecule has 248 valence electrons. The largest absolute Gasteiger partial charge is 0.491 e. The maximum Gasteiger partial charge on any atom is 0.267 e. The van der Waals surface area contributed by atoms with Gasteiger partial charge >= 0.3 is 0 Å². The molecule has 0 aliphatic carbocycles. The van der Waals surface area contributed by atoms with Crippen LogP contribution in [0, 0.1) is 0 Å². The summed E-state index contributed by atoms with van der Waals surface area (Å²) in [4.78, 5) is 38.7. The van der Waals surface area contributed by atoms with Crippen LogP contribution in [0.4, 0.5) is 11.5 Å². The van der Waals surface area contributed by atoms with Gasteiger partial charge in [0.25, 0.3) is 11.8 Å². The van der Waals surface area contributed by atoms with Gasteiger partial charge in [-0.2, -0.15) is 0 Å². The number of halogens is 3. The number of likely N-dealkylation sites (tertiary alicyclic amines) is 1. The van der Waals surface area contributed by atoms with Gasteiger partial charge in [-0.1, -0.05) is 34.8 Å². The van der Waals surface area contributed by atoms with E-state index in [1.807, 2.05) is 5.38 Å². The number of morpholine rings is 1. The molecule has 3 aromatic rings. The van der Waals surface area contributed by atoms with Crippen LogP contribution in [0.2, 0.25) is 15.1 Å². The van der Waals surface area contributed by atoms with E-state index in [9.17, 15) is 9.59 Å². The summed E-state index contributed by atoms with van der Waals surface area (Å²) < 4.78 is 11.6. The van der Waals surface area contributed by atoms with E-state index in [2.05, 4.69) is 44.4 Å². The van der Waals surface area contributed by atoms with Crippen molar-refractivity contribution < 1.29 is 19.1 Å². The highest BCUT2D eigenvalue weighted by atomic mass is 35.5. The molecule has 4 heterocycles. The number of nitrogens with one attached hydrogen (secondary N) is 2. The highest BCUT2D eigenvalue weighted by molar-refractivity contribution is 7.13. The molecule has 2 aromatic heterocycles. The maximum atomic E-state index is 13.7. The summed E-state index contributed by atoms with van der Waals surface area (Å²) in [6.45, 7) is 7.12. The van der Waals surface area contributed by atoms with Gasteiger partial charge in [-0.25, -0.2) is 4.98 Å². The second-order valence-corrected chi connectivity index (χ2v) is 13.7. The van der Waals surface area contributed by atoms with Gasteiger partial charge in [-0.3, -0.25) is 19.4 Å². The van der Waals surface area contributed by atoms with Gasteiger partial charge in [-0.05, 0) is 75.6 Å². The molecule has 1 aromatic carbocycles. The molecule has 2 saturated heterocycles. The first-order valence-electron chi connectivity index (χ1n) is 15.3. The van der Waals surface area contributed by atoms with Crippen LogP contribution in [0.1, 0.15) is 44.9 Å². The fourth-order valence-electron chi connectivity index (χ4n) is 5.58. The number of piperidine rings is 1. The minimum atomic E-state index is -0.525. The Morgan fingerprint density at radius 2 is 1.83 bits per heavy atom. The molecule has 0 saturated carbocycles. The van der Waals surface area contributed by atoms with Crippen LogP contribution in [0.5, 0.6) is 5.75 Å². The summed E-state index contributed by atoms with van der Waals surface area (Å²) in [5, 5.41) is 8.71. The molecule has 2 fully saturated rings. The summed E-state index contributed by atoms with van der Waals surface area (Å²) in [6, 6.07) is 6.75. The average molecular weight is 710 g/mol. The molecule has 2 N–H and O–H groups in total. The highest BCUT2D eigenvalue weighted by Gasteiger charge is 2.26. The van der Waals surface area contributed by atoms with E-state index >= 15 is 0 Å². The van der Waals surface area contributed by atoms with Gasteiger partial charge in [0.15, 0.2) is 0 Å². The minimum absolute atomic E-state index is 0.121. The molecular formula is C32H39Cl3N6O4S. The quantitative estimate of drug-likeness (QED) is 0.214. The van der Waals surface area contributed by atoms with Gasteiger partial charge < -0.3 is 25.0 Å². The average Bonchev–Trinajstić information content (AvgIpc) is 3.41. The van der Waals surface area contributed by atoms with Crippen molar-refractivity contribution in [2.45, 2.75) is 31.8 Å². The first-order chi connectivity index (χ1) is 22.2. The molecular weight excluding hydrogens is 671 g/mol. The van der Waals surface area contributed by atoms with Crippen LogP contribution in [-0.4, -0.2) is 104 Å². The Morgan fingerprint density at radius 1 is 1.07 bits per heavy atom. The van der Waals surface area contributed by atoms with E-state index in [1.54, 1.807) is 18.2 Å². The number of ether oxygens (including phenoxy) is 2. The van der Waals surface area contributed by atoms with Crippen molar-refractivity contribution >= 4 is 69.5 Å². The van der Waals surface area contributed by atoms with E-state index in [0.717, 1.165) is 57.5 Å². The molecule has 14 heteroatoms. The van der Waals surface area contributed by atoms with Crippen molar-refractivity contribution in [1.29, 1.82) is 0 Å². The monoisotopic (exact) mass is 708 g/mol. The lowest BCUT2D eigenvalue weighted by molar-refractivity contribution is 0.0358. The number of aromatic nitrogens is 1. The third-order valence-electron chi connectivity index (χ3n) is 8.24. The Hall–Kier alpha value is -2.48. The second kappa shape index (κ2) is 16.6. The predicted molar refractivity (Wildman–Crippen MR) is 185 cm³/mol. The van der Waals surface area contributed by atoms with E-state index in [1.165, 1.54) is 23.6 Å². The van der Waals surface area contributed by atoms with Gasteiger partial charge in [-0.15, -0.1) is 11.3 Å². The van der Waals surface area contributed by atoms with E-state index in [-0.39, 0.29) is 22.0 Å². The summed E-state index contributed by atoms with van der Waals surface area (Å²) in [6.07, 6.45) is 4.34. The van der Waals surface area contributed by atoms with E-state index in [0.29, 0.717) is 53.1 Å². The SMILES string of the molecule is CN1CCC(N(C)Cc2csc(C(=O)Nc3c(OCCCN4CCOCC4)cc(Cl)cc3C(=O)Nc3ccc(Cl)cn3)c2Cl)CC1. The number of pyridine rings is 1. The number of benzene rings is 1. The van der Waals surface area contributed by atoms with Crippen LogP contribution >= 0.6 is 46.1 Å². The van der Waals surface area contributed by atoms with Crippen LogP contribution in [-0.2, 0) is 11.3 Å². The molecule has 2 aliphatic heterocycles. The summed E-state index contributed by atoms with van der Waals surface area (Å²) in [5.41, 5.74) is 1.21. The Kier molecular flexibility index (Phi) is 12.5. The lowest BCUT2D eigenvalue weighted by Gasteiger charge is -2.35. The van der Waals surface area contributed by atoms with Gasteiger partial charge in [0.05, 0.1) is 41.1 Å². The lowest BCUT2D eigenvalue weighted by atomic mass is 10.0. The number of anilines is 2. The number of amides is 2. The maximum absolute atomic E-state index is 13.7. The third kappa shape index (κ3) is 9.32. The summed E-state index contributed by atoms with van der Waals surface area (Å²) in [7, 11) is 4.24. The first kappa shape index (κ1) is 34.8. The van der Waals surface area contributed by atoms with Crippen LogP contribution in [0.15, 0.2) is 35.8 Å². The molecule has 2 aliphatic rings. The Morgan fingerprint density at radius 3 is 2.54 bits per heavy atom. The summed E-state index contributed by atoms with van der Waals surface area (Å²) in [5.74, 6) is -0.392. The van der Waals surface area contributed by atoms with Gasteiger partial charge in [0.1, 0.15) is 16.4 Å². The number of rotatable bonds is 12. The van der Waals surface area contributed by atoms with Crippen LogP contribution in [0.3, 0.4) is 0 Å². The number of carbonyl (C=O) groups excluding carboxylic acids is 2. The molecule has 0 atom stereocenters. The van der Waals surface area contributed by atoms with Crippen molar-refractivity contribution in [3.63, 3.8) is 0 Å². The minimum Gasteiger partial charge on any atom is -0.491 e. The molecule has 0 spiro atoms. The third-order valence-corrected chi connectivity index (χ3v) is 10.2. The fraction of sp³-hybridized carbons (Fsp3) is 0.469. The molecule has 10 nitrogen and oxygen atoms in total. The number of thiophene rings is 1. The zero-order valence-corrected chi connectivity index (χ0v) is 29.1. The molecule has 0 unspecified atom stereocenters. The topological polar surface area (TPSA) is 99.3 Å². The summed E-state index contributed by atoms with van der Waals surface area (Å²) >= 11 is 20.5. The molecule has 0 radical (unpaired) electrons. The van der Waals surface area contributed by atoms with E-state index < -0.39 is 11.8 Å². The Balaban J connectivity index is 1.34. The van der Waals surface area contributed by atoms with Crippen molar-refractivity contribution in [2.75, 3.05) is 77.3 Å². The van der Waals surface area contributed by atoms with Gasteiger partial charge in [0.2, 0.25) is 0 Å². The molecule has 46 heavy (non-hydrogen) atoms. The number of hydrogen-bond donors (Lipinski definition) is 2. The van der Waals surface area contributed by atoms with Crippen molar-refractivity contribution in [1.82, 2.24) is 19.7 Å². The zero-order valence-electron chi connectivity index (χ0n) is 26.0. The number of nitrogens with zero attached hydrogens (tertiary/aromatic N) is 4. The number of hydrogen-bond acceptors (Lipinski definition) is 9. The number of carbonyl (C=O) groups is 2. The molecule has 2 amide bonds. The normalized spacial score (nSPS) is 16.5. The van der Waals surface area contributed by atoms with Crippen LogP contribution in [0.25, 0.3) is 0 Å². The Bertz CT molecular complexity index is 1490. The van der Waals surface area contributed by atoms with Crippen molar-refractivity contribution in [3.8, 4) is 5.75 Å². The molecule has 0 bridgehead atoms. The zero-order chi connectivity index (χ0) is 32.6. The Labute approximate surface area is 288 Å². The van der Waals surface area contributed by atoms with Gasteiger partial charge in [0, 0.05) is 49.5 Å². The van der Waals surface area contributed by atoms with Crippen molar-refractivity contribution in [3.05, 3.63) is 66.9 Å². The fourth-order valence-corrected chi connectivity index (χ4v) is 7.14. The second-order valence-electron chi connectivity index (χ2n) is 11.6. The standard InChI is InChI=1S/C32H39Cl3N6O4S/c1-39-9-6-24(7-10-39)40(2)19-21-20-46-30(28(21)35)32(43)38-29-25(31(42)37-27-5-4-22(33)18-36-27)16-23(34)17-26(29)45-13-3-8-41-11-14-44-15-12-41/h4-5,16-18,20,24H,3,6-15,19H2,1-2H3,(H,38,43)(H,36,37,42). The lowest BCUT2D eigenvalue weighted by Crippen LogP contribution is -2.41. The first-order valence-corrected chi connectivity index (χ1v) is 17.3. The molecule has 5 rings (SSSR count).